The first-order chi connectivity index (χ1) is 9.26. The monoisotopic (exact) mass is 336 g/mol. The lowest BCUT2D eigenvalue weighted by atomic mass is 10.3. The highest BCUT2D eigenvalue weighted by Crippen LogP contribution is 2.39. The van der Waals surface area contributed by atoms with Crippen LogP contribution in [0.1, 0.15) is 24.6 Å². The minimum Gasteiger partial charge on any atom is -0.438 e. The van der Waals surface area contributed by atoms with Crippen LogP contribution >= 0.6 is 27.7 Å². The Bertz CT molecular complexity index is 602. The zero-order valence-corrected chi connectivity index (χ0v) is 12.9. The molecule has 1 aromatic heterocycles. The molecule has 3 rings (SSSR count). The number of thioether (sulfide) groups is 1. The zero-order chi connectivity index (χ0) is 13.2. The van der Waals surface area contributed by atoms with E-state index in [4.69, 9.17) is 4.74 Å². The van der Waals surface area contributed by atoms with Crippen LogP contribution < -0.4 is 4.74 Å². The summed E-state index contributed by atoms with van der Waals surface area (Å²) in [4.78, 5) is 10.00. The number of ether oxygens (including phenoxy) is 1. The molecular formula is C14H13BrN2OS. The number of nitrogens with zero attached hydrogens (tertiary/aromatic N) is 2. The third-order valence-corrected chi connectivity index (χ3v) is 4.10. The Labute approximate surface area is 124 Å². The zero-order valence-electron chi connectivity index (χ0n) is 10.5. The molecule has 1 heterocycles. The summed E-state index contributed by atoms with van der Waals surface area (Å²) < 4.78 is 6.68. The lowest BCUT2D eigenvalue weighted by molar-refractivity contribution is 0.447. The van der Waals surface area contributed by atoms with Gasteiger partial charge in [-0.25, -0.2) is 4.98 Å². The summed E-state index contributed by atoms with van der Waals surface area (Å²) in [6.45, 7) is 0. The van der Waals surface area contributed by atoms with E-state index in [0.29, 0.717) is 11.8 Å². The second-order valence-electron chi connectivity index (χ2n) is 4.41. The van der Waals surface area contributed by atoms with Crippen molar-refractivity contribution in [1.82, 2.24) is 9.97 Å². The second kappa shape index (κ2) is 5.51. The van der Waals surface area contributed by atoms with E-state index in [1.807, 2.05) is 36.6 Å². The number of benzene rings is 1. The normalized spacial score (nSPS) is 14.4. The quantitative estimate of drug-likeness (QED) is 0.602. The van der Waals surface area contributed by atoms with Gasteiger partial charge in [0.05, 0.1) is 0 Å². The maximum atomic E-state index is 5.90. The fraction of sp³-hybridized carbons (Fsp3) is 0.286. The van der Waals surface area contributed by atoms with Crippen LogP contribution in [0.25, 0.3) is 0 Å². The Kier molecular flexibility index (Phi) is 3.75. The molecule has 1 aliphatic rings. The first kappa shape index (κ1) is 12.9. The van der Waals surface area contributed by atoms with Gasteiger partial charge < -0.3 is 4.74 Å². The predicted molar refractivity (Wildman–Crippen MR) is 80.0 cm³/mol. The topological polar surface area (TPSA) is 35.0 Å². The van der Waals surface area contributed by atoms with E-state index >= 15 is 0 Å². The molecule has 0 saturated heterocycles. The molecule has 0 radical (unpaired) electrons. The third-order valence-electron chi connectivity index (χ3n) is 2.91. The van der Waals surface area contributed by atoms with Gasteiger partial charge in [0, 0.05) is 16.9 Å². The van der Waals surface area contributed by atoms with Crippen molar-refractivity contribution in [2.45, 2.75) is 23.7 Å². The molecule has 0 spiro atoms. The van der Waals surface area contributed by atoms with Crippen LogP contribution in [0.5, 0.6) is 11.6 Å². The van der Waals surface area contributed by atoms with Gasteiger partial charge >= 0.3 is 0 Å². The molecule has 1 aliphatic carbocycles. The van der Waals surface area contributed by atoms with Gasteiger partial charge in [0.1, 0.15) is 16.2 Å². The Hall–Kier alpha value is -1.07. The second-order valence-corrected chi connectivity index (χ2v) is 6.07. The molecule has 0 amide bonds. The van der Waals surface area contributed by atoms with Crippen molar-refractivity contribution in [3.63, 3.8) is 0 Å². The molecule has 19 heavy (non-hydrogen) atoms. The van der Waals surface area contributed by atoms with E-state index in [-0.39, 0.29) is 0 Å². The Balaban J connectivity index is 1.90. The van der Waals surface area contributed by atoms with Gasteiger partial charge in [-0.15, -0.1) is 11.8 Å². The van der Waals surface area contributed by atoms with E-state index < -0.39 is 0 Å². The predicted octanol–water partition coefficient (Wildman–Crippen LogP) is 4.63. The van der Waals surface area contributed by atoms with Crippen LogP contribution in [0.3, 0.4) is 0 Å². The van der Waals surface area contributed by atoms with Gasteiger partial charge in [0.15, 0.2) is 0 Å². The SMILES string of the molecule is CSc1ccccc1Oc1cc(Br)nc(C2CC2)n1. The Morgan fingerprint density at radius 3 is 2.79 bits per heavy atom. The Morgan fingerprint density at radius 1 is 1.26 bits per heavy atom. The molecular weight excluding hydrogens is 324 g/mol. The van der Waals surface area contributed by atoms with Gasteiger partial charge in [-0.3, -0.25) is 0 Å². The van der Waals surface area contributed by atoms with Crippen molar-refractivity contribution >= 4 is 27.7 Å². The summed E-state index contributed by atoms with van der Waals surface area (Å²) in [7, 11) is 0. The Morgan fingerprint density at radius 2 is 2.05 bits per heavy atom. The molecule has 0 bridgehead atoms. The van der Waals surface area contributed by atoms with Crippen LogP contribution in [-0.4, -0.2) is 16.2 Å². The maximum Gasteiger partial charge on any atom is 0.223 e. The van der Waals surface area contributed by atoms with Crippen LogP contribution in [0.15, 0.2) is 39.8 Å². The summed E-state index contributed by atoms with van der Waals surface area (Å²) in [5, 5.41) is 0. The summed E-state index contributed by atoms with van der Waals surface area (Å²) >= 11 is 5.08. The molecule has 98 valence electrons. The van der Waals surface area contributed by atoms with E-state index in [1.54, 1.807) is 11.8 Å². The third kappa shape index (κ3) is 3.09. The van der Waals surface area contributed by atoms with Crippen LogP contribution in [0.2, 0.25) is 0 Å². The molecule has 3 nitrogen and oxygen atoms in total. The highest BCUT2D eigenvalue weighted by Gasteiger charge is 2.27. The molecule has 0 unspecified atom stereocenters. The van der Waals surface area contributed by atoms with Crippen LogP contribution in [0, 0.1) is 0 Å². The minimum atomic E-state index is 0.510. The molecule has 0 atom stereocenters. The molecule has 1 aromatic carbocycles. The van der Waals surface area contributed by atoms with E-state index in [9.17, 15) is 0 Å². The van der Waals surface area contributed by atoms with Gasteiger partial charge in [0.2, 0.25) is 5.88 Å². The molecule has 0 aliphatic heterocycles. The fourth-order valence-corrected chi connectivity index (χ4v) is 2.71. The summed E-state index contributed by atoms with van der Waals surface area (Å²) in [5.74, 6) is 2.83. The lowest BCUT2D eigenvalue weighted by Crippen LogP contribution is -1.97. The highest BCUT2D eigenvalue weighted by atomic mass is 79.9. The lowest BCUT2D eigenvalue weighted by Gasteiger charge is -2.09. The molecule has 1 fully saturated rings. The van der Waals surface area contributed by atoms with Gasteiger partial charge in [0.25, 0.3) is 0 Å². The number of rotatable bonds is 4. The van der Waals surface area contributed by atoms with Crippen molar-refractivity contribution in [3.05, 3.63) is 40.8 Å². The number of aromatic nitrogens is 2. The molecule has 1 saturated carbocycles. The molecule has 0 N–H and O–H groups in total. The number of hydrogen-bond donors (Lipinski definition) is 0. The molecule has 2 aromatic rings. The van der Waals surface area contributed by atoms with Gasteiger partial charge in [-0.2, -0.15) is 4.98 Å². The number of para-hydroxylation sites is 1. The minimum absolute atomic E-state index is 0.510. The summed E-state index contributed by atoms with van der Waals surface area (Å²) in [6.07, 6.45) is 4.39. The summed E-state index contributed by atoms with van der Waals surface area (Å²) in [6, 6.07) is 9.77. The van der Waals surface area contributed by atoms with Crippen molar-refractivity contribution in [1.29, 1.82) is 0 Å². The average molecular weight is 337 g/mol. The van der Waals surface area contributed by atoms with Gasteiger partial charge in [-0.05, 0) is 47.2 Å². The maximum absolute atomic E-state index is 5.90. The van der Waals surface area contributed by atoms with E-state index in [0.717, 1.165) is 21.1 Å². The highest BCUT2D eigenvalue weighted by molar-refractivity contribution is 9.10. The van der Waals surface area contributed by atoms with E-state index in [1.165, 1.54) is 12.8 Å². The van der Waals surface area contributed by atoms with Gasteiger partial charge in [-0.1, -0.05) is 12.1 Å². The van der Waals surface area contributed by atoms with Crippen LogP contribution in [0.4, 0.5) is 0 Å². The van der Waals surface area contributed by atoms with Crippen molar-refractivity contribution in [3.8, 4) is 11.6 Å². The van der Waals surface area contributed by atoms with Crippen LogP contribution in [-0.2, 0) is 0 Å². The first-order valence-electron chi connectivity index (χ1n) is 6.11. The molecule has 5 heteroatoms. The fourth-order valence-electron chi connectivity index (χ4n) is 1.81. The number of halogens is 1. The van der Waals surface area contributed by atoms with Crippen molar-refractivity contribution in [2.24, 2.45) is 0 Å². The summed E-state index contributed by atoms with van der Waals surface area (Å²) in [5.41, 5.74) is 0. The van der Waals surface area contributed by atoms with Crippen molar-refractivity contribution in [2.75, 3.05) is 6.26 Å². The van der Waals surface area contributed by atoms with Crippen molar-refractivity contribution < 1.29 is 4.74 Å². The number of hydrogen-bond acceptors (Lipinski definition) is 4. The standard InChI is InChI=1S/C14H13BrN2OS/c1-19-11-5-3-2-4-10(11)18-13-8-12(15)16-14(17-13)9-6-7-9/h2-5,8-9H,6-7H2,1H3. The average Bonchev–Trinajstić information content (AvgIpc) is 3.23. The van der Waals surface area contributed by atoms with E-state index in [2.05, 4.69) is 25.9 Å². The largest absolute Gasteiger partial charge is 0.438 e. The first-order valence-corrected chi connectivity index (χ1v) is 8.13. The smallest absolute Gasteiger partial charge is 0.223 e.